The first-order valence-corrected chi connectivity index (χ1v) is 8.25. The second-order valence-electron chi connectivity index (χ2n) is 6.28. The normalized spacial score (nSPS) is 18.3. The summed E-state index contributed by atoms with van der Waals surface area (Å²) in [7, 11) is 2.15. The minimum atomic E-state index is -0.165. The molecule has 0 bridgehead atoms. The number of fused-ring (bicyclic) bond motifs is 1. The number of rotatable bonds is 4. The number of hydrogen-bond acceptors (Lipinski definition) is 3. The van der Waals surface area contributed by atoms with E-state index in [1.165, 1.54) is 12.8 Å². The predicted molar refractivity (Wildman–Crippen MR) is 93.8 cm³/mol. The molecule has 2 amide bonds. The lowest BCUT2D eigenvalue weighted by molar-refractivity contribution is 0.249. The van der Waals surface area contributed by atoms with Gasteiger partial charge in [0, 0.05) is 23.7 Å². The van der Waals surface area contributed by atoms with E-state index in [-0.39, 0.29) is 6.03 Å². The predicted octanol–water partition coefficient (Wildman–Crippen LogP) is 3.15. The van der Waals surface area contributed by atoms with Crippen molar-refractivity contribution in [3.63, 3.8) is 0 Å². The number of anilines is 1. The topological polar surface area (TPSA) is 57.3 Å². The third-order valence-corrected chi connectivity index (χ3v) is 4.54. The van der Waals surface area contributed by atoms with E-state index in [9.17, 15) is 4.79 Å². The van der Waals surface area contributed by atoms with Gasteiger partial charge in [0.15, 0.2) is 0 Å². The molecule has 1 fully saturated rings. The number of nitrogens with zero attached hydrogens (tertiary/aromatic N) is 2. The Balaban J connectivity index is 1.58. The highest BCUT2D eigenvalue weighted by molar-refractivity contribution is 5.99. The molecule has 1 saturated heterocycles. The highest BCUT2D eigenvalue weighted by Crippen LogP contribution is 2.21. The Kier molecular flexibility index (Phi) is 4.76. The first kappa shape index (κ1) is 15.7. The fraction of sp³-hybridized carbons (Fsp3) is 0.444. The number of carbonyl (C=O) groups excluding carboxylic acids is 1. The molecule has 0 unspecified atom stereocenters. The van der Waals surface area contributed by atoms with Crippen LogP contribution in [0.5, 0.6) is 0 Å². The number of nitrogens with one attached hydrogen (secondary N) is 2. The largest absolute Gasteiger partial charge is 0.338 e. The second-order valence-corrected chi connectivity index (χ2v) is 6.28. The lowest BCUT2D eigenvalue weighted by Crippen LogP contribution is -2.34. The fourth-order valence-corrected chi connectivity index (χ4v) is 3.21. The van der Waals surface area contributed by atoms with E-state index in [4.69, 9.17) is 0 Å². The van der Waals surface area contributed by atoms with Crippen LogP contribution in [0.3, 0.4) is 0 Å². The van der Waals surface area contributed by atoms with Gasteiger partial charge in [0.05, 0.1) is 11.2 Å². The van der Waals surface area contributed by atoms with Gasteiger partial charge in [-0.15, -0.1) is 0 Å². The minimum Gasteiger partial charge on any atom is -0.338 e. The zero-order valence-corrected chi connectivity index (χ0v) is 13.8. The van der Waals surface area contributed by atoms with Crippen molar-refractivity contribution in [2.45, 2.75) is 32.2 Å². The minimum absolute atomic E-state index is 0.165. The lowest BCUT2D eigenvalue weighted by Gasteiger charge is -2.19. The van der Waals surface area contributed by atoms with E-state index in [0.717, 1.165) is 35.2 Å². The van der Waals surface area contributed by atoms with Gasteiger partial charge in [-0.2, -0.15) is 0 Å². The van der Waals surface area contributed by atoms with Gasteiger partial charge in [0.1, 0.15) is 0 Å². The summed E-state index contributed by atoms with van der Waals surface area (Å²) < 4.78 is 0. The van der Waals surface area contributed by atoms with E-state index < -0.39 is 0 Å². The number of hydrogen-bond donors (Lipinski definition) is 2. The molecular formula is C18H24N4O. The Morgan fingerprint density at radius 2 is 2.22 bits per heavy atom. The van der Waals surface area contributed by atoms with Crippen molar-refractivity contribution >= 4 is 22.6 Å². The quantitative estimate of drug-likeness (QED) is 0.912. The van der Waals surface area contributed by atoms with Crippen molar-refractivity contribution in [2.75, 3.05) is 25.5 Å². The van der Waals surface area contributed by atoms with Crippen LogP contribution in [0, 0.1) is 6.92 Å². The van der Waals surface area contributed by atoms with Gasteiger partial charge in [0.25, 0.3) is 0 Å². The molecule has 1 atom stereocenters. The molecule has 3 rings (SSSR count). The van der Waals surface area contributed by atoms with Gasteiger partial charge in [-0.25, -0.2) is 4.79 Å². The second kappa shape index (κ2) is 6.96. The van der Waals surface area contributed by atoms with Gasteiger partial charge in [-0.05, 0) is 51.9 Å². The highest BCUT2D eigenvalue weighted by Gasteiger charge is 2.20. The SMILES string of the molecule is Cc1ccc2cccc(NC(=O)NCC[C@@H]3CCCN3C)c2n1. The Morgan fingerprint density at radius 1 is 1.35 bits per heavy atom. The van der Waals surface area contributed by atoms with E-state index in [1.807, 2.05) is 37.3 Å². The number of urea groups is 1. The molecule has 1 aromatic carbocycles. The molecule has 122 valence electrons. The summed E-state index contributed by atoms with van der Waals surface area (Å²) in [6, 6.07) is 10.3. The fourth-order valence-electron chi connectivity index (χ4n) is 3.21. The first-order chi connectivity index (χ1) is 11.1. The molecule has 1 aliphatic heterocycles. The molecule has 0 radical (unpaired) electrons. The van der Waals surface area contributed by atoms with Gasteiger partial charge in [0.2, 0.25) is 0 Å². The maximum Gasteiger partial charge on any atom is 0.319 e. The standard InChI is InChI=1S/C18H24N4O/c1-13-8-9-14-5-3-7-16(17(14)20-13)21-18(23)19-11-10-15-6-4-12-22(15)2/h3,5,7-9,15H,4,6,10-12H2,1-2H3,(H2,19,21,23)/t15-/m0/s1. The Bertz CT molecular complexity index is 700. The van der Waals surface area contributed by atoms with E-state index in [1.54, 1.807) is 0 Å². The third kappa shape index (κ3) is 3.79. The molecule has 1 aromatic heterocycles. The number of para-hydroxylation sites is 1. The number of amides is 2. The van der Waals surface area contributed by atoms with E-state index in [2.05, 4.69) is 27.6 Å². The van der Waals surface area contributed by atoms with Crippen LogP contribution in [0.2, 0.25) is 0 Å². The lowest BCUT2D eigenvalue weighted by atomic mass is 10.1. The van der Waals surface area contributed by atoms with Crippen molar-refractivity contribution in [3.05, 3.63) is 36.0 Å². The zero-order chi connectivity index (χ0) is 16.2. The number of aryl methyl sites for hydroxylation is 1. The van der Waals surface area contributed by atoms with Crippen LogP contribution >= 0.6 is 0 Å². The van der Waals surface area contributed by atoms with Crippen LogP contribution in [-0.2, 0) is 0 Å². The summed E-state index contributed by atoms with van der Waals surface area (Å²) in [5, 5.41) is 6.90. The Labute approximate surface area is 137 Å². The van der Waals surface area contributed by atoms with Gasteiger partial charge in [-0.1, -0.05) is 18.2 Å². The van der Waals surface area contributed by atoms with Crippen molar-refractivity contribution in [3.8, 4) is 0 Å². The van der Waals surface area contributed by atoms with Crippen molar-refractivity contribution in [1.29, 1.82) is 0 Å². The molecule has 5 heteroatoms. The highest BCUT2D eigenvalue weighted by atomic mass is 16.2. The average molecular weight is 312 g/mol. The monoisotopic (exact) mass is 312 g/mol. The van der Waals surface area contributed by atoms with Crippen molar-refractivity contribution in [1.82, 2.24) is 15.2 Å². The van der Waals surface area contributed by atoms with Crippen LogP contribution in [0.4, 0.5) is 10.5 Å². The van der Waals surface area contributed by atoms with E-state index in [0.29, 0.717) is 12.6 Å². The average Bonchev–Trinajstić information content (AvgIpc) is 2.93. The molecule has 23 heavy (non-hydrogen) atoms. The van der Waals surface area contributed by atoms with Crippen molar-refractivity contribution < 1.29 is 4.79 Å². The van der Waals surface area contributed by atoms with Crippen LogP contribution in [0.1, 0.15) is 25.0 Å². The summed E-state index contributed by atoms with van der Waals surface area (Å²) in [5.74, 6) is 0. The molecule has 1 aliphatic rings. The summed E-state index contributed by atoms with van der Waals surface area (Å²) in [5.41, 5.74) is 2.52. The molecule has 2 aromatic rings. The number of benzene rings is 1. The molecule has 0 aliphatic carbocycles. The summed E-state index contributed by atoms with van der Waals surface area (Å²) >= 11 is 0. The van der Waals surface area contributed by atoms with Gasteiger partial charge >= 0.3 is 6.03 Å². The summed E-state index contributed by atoms with van der Waals surface area (Å²) in [4.78, 5) is 19.0. The van der Waals surface area contributed by atoms with Gasteiger partial charge in [-0.3, -0.25) is 4.98 Å². The van der Waals surface area contributed by atoms with Crippen LogP contribution in [0.25, 0.3) is 10.9 Å². The summed E-state index contributed by atoms with van der Waals surface area (Å²) in [6.45, 7) is 3.81. The van der Waals surface area contributed by atoms with Crippen LogP contribution < -0.4 is 10.6 Å². The smallest absolute Gasteiger partial charge is 0.319 e. The maximum atomic E-state index is 12.1. The number of aromatic nitrogens is 1. The molecule has 2 heterocycles. The molecule has 0 spiro atoms. The van der Waals surface area contributed by atoms with Gasteiger partial charge < -0.3 is 15.5 Å². The zero-order valence-electron chi connectivity index (χ0n) is 13.8. The molecular weight excluding hydrogens is 288 g/mol. The number of carbonyl (C=O) groups is 1. The molecule has 0 saturated carbocycles. The first-order valence-electron chi connectivity index (χ1n) is 8.25. The molecule has 2 N–H and O–H groups in total. The van der Waals surface area contributed by atoms with Crippen LogP contribution in [0.15, 0.2) is 30.3 Å². The maximum absolute atomic E-state index is 12.1. The number of pyridine rings is 1. The Hall–Kier alpha value is -2.14. The Morgan fingerprint density at radius 3 is 3.00 bits per heavy atom. The van der Waals surface area contributed by atoms with Crippen molar-refractivity contribution in [2.24, 2.45) is 0 Å². The molecule has 5 nitrogen and oxygen atoms in total. The summed E-state index contributed by atoms with van der Waals surface area (Å²) in [6.07, 6.45) is 3.48. The van der Waals surface area contributed by atoms with Crippen LogP contribution in [-0.4, -0.2) is 42.1 Å². The van der Waals surface area contributed by atoms with E-state index >= 15 is 0 Å². The number of likely N-dealkylation sites (tertiary alicyclic amines) is 1. The third-order valence-electron chi connectivity index (χ3n) is 4.54.